The Kier molecular flexibility index (Phi) is 6.06. The third-order valence-electron chi connectivity index (χ3n) is 3.30. The second kappa shape index (κ2) is 7.31. The number of carbonyl (C=O) groups excluding carboxylic acids is 1. The molecule has 1 aromatic rings. The Bertz CT molecular complexity index is 384. The van der Waals surface area contributed by atoms with Crippen LogP contribution < -0.4 is 0 Å². The monoisotopic (exact) mass is 265 g/mol. The average molecular weight is 265 g/mol. The van der Waals surface area contributed by atoms with Crippen LogP contribution in [0.2, 0.25) is 0 Å². The molecule has 0 aliphatic rings. The van der Waals surface area contributed by atoms with E-state index < -0.39 is 0 Å². The number of nitrogens with one attached hydrogen (secondary N) is 1. The van der Waals surface area contributed by atoms with Crippen molar-refractivity contribution in [3.63, 3.8) is 0 Å². The molecule has 1 heterocycles. The van der Waals surface area contributed by atoms with E-state index in [1.807, 2.05) is 11.8 Å². The highest BCUT2D eigenvalue weighted by molar-refractivity contribution is 5.95. The molecule has 0 aliphatic carbocycles. The number of aromatic amines is 1. The minimum atomic E-state index is 0.104. The Morgan fingerprint density at radius 1 is 1.21 bits per heavy atom. The molecule has 0 saturated carbocycles. The van der Waals surface area contributed by atoms with Crippen molar-refractivity contribution in [2.45, 2.75) is 47.5 Å². The largest absolute Gasteiger partial charge is 0.339 e. The van der Waals surface area contributed by atoms with Crippen LogP contribution in [0.15, 0.2) is 6.20 Å². The number of hydrogen-bond acceptors (Lipinski definition) is 2. The van der Waals surface area contributed by atoms with Gasteiger partial charge in [-0.1, -0.05) is 27.7 Å². The van der Waals surface area contributed by atoms with Gasteiger partial charge in [0.2, 0.25) is 0 Å². The van der Waals surface area contributed by atoms with E-state index in [9.17, 15) is 4.79 Å². The summed E-state index contributed by atoms with van der Waals surface area (Å²) in [7, 11) is 0. The van der Waals surface area contributed by atoms with Crippen LogP contribution in [0.5, 0.6) is 0 Å². The minimum absolute atomic E-state index is 0.104. The molecule has 0 aromatic carbocycles. The van der Waals surface area contributed by atoms with Crippen molar-refractivity contribution in [1.82, 2.24) is 15.1 Å². The van der Waals surface area contributed by atoms with Gasteiger partial charge in [0.25, 0.3) is 5.91 Å². The highest BCUT2D eigenvalue weighted by Crippen LogP contribution is 2.12. The molecule has 0 aliphatic heterocycles. The molecule has 1 N–H and O–H groups in total. The van der Waals surface area contributed by atoms with Crippen molar-refractivity contribution in [3.8, 4) is 0 Å². The maximum Gasteiger partial charge on any atom is 0.257 e. The minimum Gasteiger partial charge on any atom is -0.339 e. The summed E-state index contributed by atoms with van der Waals surface area (Å²) in [4.78, 5) is 14.5. The van der Waals surface area contributed by atoms with Gasteiger partial charge in [0, 0.05) is 18.8 Å². The molecule has 0 radical (unpaired) electrons. The number of amides is 1. The summed E-state index contributed by atoms with van der Waals surface area (Å²) in [6, 6.07) is 0. The van der Waals surface area contributed by atoms with E-state index in [4.69, 9.17) is 0 Å². The Labute approximate surface area is 116 Å². The van der Waals surface area contributed by atoms with Crippen molar-refractivity contribution >= 4 is 5.91 Å². The number of aromatic nitrogens is 2. The van der Waals surface area contributed by atoms with Crippen molar-refractivity contribution in [3.05, 3.63) is 17.5 Å². The van der Waals surface area contributed by atoms with Crippen molar-refractivity contribution < 1.29 is 4.79 Å². The summed E-state index contributed by atoms with van der Waals surface area (Å²) in [5.74, 6) is 1.33. The van der Waals surface area contributed by atoms with Gasteiger partial charge in [0.15, 0.2) is 0 Å². The summed E-state index contributed by atoms with van der Waals surface area (Å²) in [5, 5.41) is 6.78. The Balaban J connectivity index is 2.71. The van der Waals surface area contributed by atoms with Crippen LogP contribution in [-0.4, -0.2) is 34.1 Å². The smallest absolute Gasteiger partial charge is 0.257 e. The van der Waals surface area contributed by atoms with E-state index in [2.05, 4.69) is 37.9 Å². The molecule has 1 aromatic heterocycles. The quantitative estimate of drug-likeness (QED) is 0.822. The second-order valence-corrected chi connectivity index (χ2v) is 6.07. The van der Waals surface area contributed by atoms with Crippen LogP contribution >= 0.6 is 0 Å². The molecule has 0 bridgehead atoms. The molecule has 4 nitrogen and oxygen atoms in total. The zero-order valence-electron chi connectivity index (χ0n) is 12.9. The molecule has 4 heteroatoms. The lowest BCUT2D eigenvalue weighted by molar-refractivity contribution is 0.0740. The Morgan fingerprint density at radius 2 is 1.74 bits per heavy atom. The third kappa shape index (κ3) is 5.05. The van der Waals surface area contributed by atoms with Crippen molar-refractivity contribution in [1.29, 1.82) is 0 Å². The number of hydrogen-bond donors (Lipinski definition) is 1. The molecule has 0 fully saturated rings. The van der Waals surface area contributed by atoms with Crippen molar-refractivity contribution in [2.24, 2.45) is 11.8 Å². The van der Waals surface area contributed by atoms with E-state index >= 15 is 0 Å². The number of H-pyrrole nitrogens is 1. The van der Waals surface area contributed by atoms with Crippen LogP contribution in [0.3, 0.4) is 0 Å². The molecule has 1 amide bonds. The zero-order valence-corrected chi connectivity index (χ0v) is 12.9. The van der Waals surface area contributed by atoms with E-state index in [-0.39, 0.29) is 5.91 Å². The molecule has 108 valence electrons. The summed E-state index contributed by atoms with van der Waals surface area (Å²) in [6.45, 7) is 12.3. The molecule has 0 spiro atoms. The number of nitrogens with zero attached hydrogens (tertiary/aromatic N) is 2. The maximum atomic E-state index is 12.5. The van der Waals surface area contributed by atoms with E-state index in [1.165, 1.54) is 0 Å². The first-order valence-corrected chi connectivity index (χ1v) is 7.21. The normalized spacial score (nSPS) is 11.3. The molecular weight excluding hydrogens is 238 g/mol. The van der Waals surface area contributed by atoms with Crippen LogP contribution in [0.1, 0.15) is 56.6 Å². The SMILES string of the molecule is Cc1[nH]ncc1C(=O)N(CCC(C)C)CCC(C)C. The van der Waals surface area contributed by atoms with E-state index in [1.54, 1.807) is 6.20 Å². The lowest BCUT2D eigenvalue weighted by Crippen LogP contribution is -2.34. The van der Waals surface area contributed by atoms with E-state index in [0.717, 1.165) is 31.6 Å². The van der Waals surface area contributed by atoms with Gasteiger partial charge in [0.05, 0.1) is 11.8 Å². The van der Waals surface area contributed by atoms with Gasteiger partial charge >= 0.3 is 0 Å². The van der Waals surface area contributed by atoms with Crippen molar-refractivity contribution in [2.75, 3.05) is 13.1 Å². The summed E-state index contributed by atoms with van der Waals surface area (Å²) in [6.07, 6.45) is 3.72. The Morgan fingerprint density at radius 3 is 2.11 bits per heavy atom. The van der Waals surface area contributed by atoms with Gasteiger partial charge in [0.1, 0.15) is 0 Å². The Hall–Kier alpha value is -1.32. The molecular formula is C15H27N3O. The van der Waals surface area contributed by atoms with Crippen LogP contribution in [-0.2, 0) is 0 Å². The summed E-state index contributed by atoms with van der Waals surface area (Å²) < 4.78 is 0. The van der Waals surface area contributed by atoms with Crippen LogP contribution in [0.25, 0.3) is 0 Å². The first-order chi connectivity index (χ1) is 8.91. The molecule has 0 unspecified atom stereocenters. The van der Waals surface area contributed by atoms with Gasteiger partial charge in [-0.3, -0.25) is 9.89 Å². The number of rotatable bonds is 7. The highest BCUT2D eigenvalue weighted by atomic mass is 16.2. The van der Waals surface area contributed by atoms with Gasteiger partial charge in [-0.2, -0.15) is 5.10 Å². The molecule has 0 saturated heterocycles. The average Bonchev–Trinajstić information content (AvgIpc) is 2.74. The fraction of sp³-hybridized carbons (Fsp3) is 0.733. The van der Waals surface area contributed by atoms with E-state index in [0.29, 0.717) is 17.4 Å². The van der Waals surface area contributed by atoms with Gasteiger partial charge in [-0.05, 0) is 31.6 Å². The number of aryl methyl sites for hydroxylation is 1. The van der Waals surface area contributed by atoms with Gasteiger partial charge in [-0.15, -0.1) is 0 Å². The van der Waals surface area contributed by atoms with Crippen LogP contribution in [0, 0.1) is 18.8 Å². The number of carbonyl (C=O) groups is 1. The van der Waals surface area contributed by atoms with Crippen LogP contribution in [0.4, 0.5) is 0 Å². The predicted octanol–water partition coefficient (Wildman–Crippen LogP) is 3.25. The fourth-order valence-electron chi connectivity index (χ4n) is 1.88. The first-order valence-electron chi connectivity index (χ1n) is 7.21. The molecule has 1 rings (SSSR count). The maximum absolute atomic E-state index is 12.5. The summed E-state index contributed by atoms with van der Waals surface area (Å²) in [5.41, 5.74) is 1.55. The summed E-state index contributed by atoms with van der Waals surface area (Å²) >= 11 is 0. The molecule has 0 atom stereocenters. The van der Waals surface area contributed by atoms with Gasteiger partial charge < -0.3 is 4.90 Å². The first kappa shape index (κ1) is 15.7. The lowest BCUT2D eigenvalue weighted by Gasteiger charge is -2.24. The molecule has 19 heavy (non-hydrogen) atoms. The standard InChI is InChI=1S/C15H27N3O/c1-11(2)6-8-18(9-7-12(3)4)15(19)14-10-16-17-13(14)5/h10-12H,6-9H2,1-5H3,(H,16,17). The highest BCUT2D eigenvalue weighted by Gasteiger charge is 2.19. The zero-order chi connectivity index (χ0) is 14.4. The second-order valence-electron chi connectivity index (χ2n) is 6.07. The third-order valence-corrected chi connectivity index (χ3v) is 3.30. The van der Waals surface area contributed by atoms with Gasteiger partial charge in [-0.25, -0.2) is 0 Å². The topological polar surface area (TPSA) is 49.0 Å². The fourth-order valence-corrected chi connectivity index (χ4v) is 1.88. The lowest BCUT2D eigenvalue weighted by atomic mass is 10.1. The predicted molar refractivity (Wildman–Crippen MR) is 78.1 cm³/mol.